The van der Waals surface area contributed by atoms with Crippen molar-refractivity contribution >= 4 is 29.4 Å². The van der Waals surface area contributed by atoms with Gasteiger partial charge in [-0.3, -0.25) is 19.2 Å². The number of carbonyl (C=O) groups excluding carboxylic acids is 2. The molecule has 2 aromatic heterocycles. The number of nitrogens with one attached hydrogen (secondary N) is 3. The zero-order chi connectivity index (χ0) is 24.2. The Bertz CT molecular complexity index is 938. The normalized spacial score (nSPS) is 12.4. The Morgan fingerprint density at radius 1 is 1.24 bits per heavy atom. The molecular formula is C24H37N5O4. The van der Waals surface area contributed by atoms with Gasteiger partial charge in [0, 0.05) is 25.2 Å². The molecule has 9 nitrogen and oxygen atoms in total. The van der Waals surface area contributed by atoms with Crippen LogP contribution in [0, 0.1) is 5.92 Å². The number of nitrogens with zero attached hydrogens (tertiary/aromatic N) is 2. The molecule has 5 N–H and O–H groups in total. The van der Waals surface area contributed by atoms with Gasteiger partial charge in [-0.05, 0) is 42.5 Å². The number of hydrogen-bond donors (Lipinski definition) is 5. The fourth-order valence-electron chi connectivity index (χ4n) is 3.50. The number of anilines is 1. The first-order chi connectivity index (χ1) is 15.9. The molecule has 2 rings (SSSR count). The van der Waals surface area contributed by atoms with E-state index in [0.29, 0.717) is 6.54 Å². The maximum Gasteiger partial charge on any atom is 0.267 e. The van der Waals surface area contributed by atoms with Crippen molar-refractivity contribution in [1.29, 1.82) is 0 Å². The highest BCUT2D eigenvalue weighted by molar-refractivity contribution is 5.91. The lowest BCUT2D eigenvalue weighted by Gasteiger charge is -2.20. The lowest BCUT2D eigenvalue weighted by Crippen LogP contribution is -2.41. The molecule has 0 aliphatic heterocycles. The minimum absolute atomic E-state index is 0.0806. The van der Waals surface area contributed by atoms with E-state index < -0.39 is 5.91 Å². The predicted molar refractivity (Wildman–Crippen MR) is 129 cm³/mol. The lowest BCUT2D eigenvalue weighted by molar-refractivity contribution is -0.124. The van der Waals surface area contributed by atoms with Gasteiger partial charge in [0.1, 0.15) is 11.5 Å². The molecule has 182 valence electrons. The van der Waals surface area contributed by atoms with Gasteiger partial charge in [-0.2, -0.15) is 0 Å². The first kappa shape index (κ1) is 26.3. The smallest absolute Gasteiger partial charge is 0.267 e. The number of aryl methyl sites for hydroxylation is 1. The minimum Gasteiger partial charge on any atom is -0.394 e. The van der Waals surface area contributed by atoms with E-state index in [0.717, 1.165) is 48.4 Å². The molecule has 0 spiro atoms. The summed E-state index contributed by atoms with van der Waals surface area (Å²) in [6.45, 7) is 6.46. The number of imidazole rings is 1. The SMILES string of the molecule is CCCCCCc1nc2cc(C=CC(=O)NO)ccn2c1NCCC(=O)NC(CO)C(C)C. The number of carbonyl (C=O) groups is 2. The molecule has 1 atom stereocenters. The van der Waals surface area contributed by atoms with Gasteiger partial charge in [-0.15, -0.1) is 0 Å². The van der Waals surface area contributed by atoms with E-state index in [1.54, 1.807) is 11.6 Å². The Hall–Kier alpha value is -2.91. The van der Waals surface area contributed by atoms with Crippen molar-refractivity contribution in [3.8, 4) is 0 Å². The van der Waals surface area contributed by atoms with Gasteiger partial charge in [0.15, 0.2) is 0 Å². The molecule has 2 amide bonds. The molecule has 0 aliphatic rings. The molecule has 0 saturated carbocycles. The van der Waals surface area contributed by atoms with E-state index >= 15 is 0 Å². The topological polar surface area (TPSA) is 128 Å². The first-order valence-corrected chi connectivity index (χ1v) is 11.7. The van der Waals surface area contributed by atoms with Gasteiger partial charge in [-0.25, -0.2) is 10.5 Å². The summed E-state index contributed by atoms with van der Waals surface area (Å²) < 4.78 is 1.95. The van der Waals surface area contributed by atoms with Gasteiger partial charge in [0.25, 0.3) is 5.91 Å². The highest BCUT2D eigenvalue weighted by Gasteiger charge is 2.16. The predicted octanol–water partition coefficient (Wildman–Crippen LogP) is 2.91. The average molecular weight is 460 g/mol. The van der Waals surface area contributed by atoms with Gasteiger partial charge < -0.3 is 15.7 Å². The van der Waals surface area contributed by atoms with Crippen molar-refractivity contribution in [2.45, 2.75) is 65.3 Å². The summed E-state index contributed by atoms with van der Waals surface area (Å²) in [4.78, 5) is 28.3. The molecule has 2 aromatic rings. The van der Waals surface area contributed by atoms with Crippen molar-refractivity contribution in [3.05, 3.63) is 35.7 Å². The van der Waals surface area contributed by atoms with Crippen LogP contribution in [0.15, 0.2) is 24.4 Å². The van der Waals surface area contributed by atoms with Crippen LogP contribution in [0.25, 0.3) is 11.7 Å². The highest BCUT2D eigenvalue weighted by atomic mass is 16.5. The van der Waals surface area contributed by atoms with Crippen LogP contribution < -0.4 is 16.1 Å². The van der Waals surface area contributed by atoms with Crippen LogP contribution >= 0.6 is 0 Å². The Morgan fingerprint density at radius 2 is 2.03 bits per heavy atom. The van der Waals surface area contributed by atoms with Crippen LogP contribution in [0.4, 0.5) is 5.82 Å². The van der Waals surface area contributed by atoms with E-state index in [4.69, 9.17) is 10.2 Å². The number of aliphatic hydroxyl groups excluding tert-OH is 1. The zero-order valence-corrected chi connectivity index (χ0v) is 19.8. The quantitative estimate of drug-likeness (QED) is 0.128. The summed E-state index contributed by atoms with van der Waals surface area (Å²) in [5, 5.41) is 24.3. The zero-order valence-electron chi connectivity index (χ0n) is 19.8. The second-order valence-electron chi connectivity index (χ2n) is 8.49. The van der Waals surface area contributed by atoms with Crippen LogP contribution in [-0.2, 0) is 16.0 Å². The van der Waals surface area contributed by atoms with Crippen LogP contribution in [0.1, 0.15) is 64.1 Å². The van der Waals surface area contributed by atoms with Gasteiger partial charge >= 0.3 is 0 Å². The van der Waals surface area contributed by atoms with Crippen molar-refractivity contribution in [2.75, 3.05) is 18.5 Å². The second kappa shape index (κ2) is 13.6. The van der Waals surface area contributed by atoms with Crippen LogP contribution in [0.5, 0.6) is 0 Å². The van der Waals surface area contributed by atoms with E-state index in [9.17, 15) is 14.7 Å². The Balaban J connectivity index is 2.14. The third-order valence-electron chi connectivity index (χ3n) is 5.52. The van der Waals surface area contributed by atoms with Crippen LogP contribution in [-0.4, -0.2) is 50.7 Å². The average Bonchev–Trinajstić information content (AvgIpc) is 3.15. The van der Waals surface area contributed by atoms with Gasteiger partial charge in [0.05, 0.1) is 18.3 Å². The molecular weight excluding hydrogens is 422 g/mol. The molecule has 2 heterocycles. The van der Waals surface area contributed by atoms with Gasteiger partial charge in [0.2, 0.25) is 5.91 Å². The van der Waals surface area contributed by atoms with Crippen molar-refractivity contribution < 1.29 is 19.9 Å². The number of hydrogen-bond acceptors (Lipinski definition) is 6. The largest absolute Gasteiger partial charge is 0.394 e. The number of amides is 2. The molecule has 9 heteroatoms. The van der Waals surface area contributed by atoms with E-state index in [-0.39, 0.29) is 30.9 Å². The number of rotatable bonds is 14. The maximum absolute atomic E-state index is 12.3. The summed E-state index contributed by atoms with van der Waals surface area (Å²) in [6, 6.07) is 3.47. The number of aromatic nitrogens is 2. The molecule has 0 bridgehead atoms. The lowest BCUT2D eigenvalue weighted by atomic mass is 10.1. The fraction of sp³-hybridized carbons (Fsp3) is 0.542. The number of fused-ring (bicyclic) bond motifs is 1. The van der Waals surface area contributed by atoms with E-state index in [2.05, 4.69) is 17.6 Å². The number of unbranched alkanes of at least 4 members (excludes halogenated alkanes) is 3. The molecule has 1 unspecified atom stereocenters. The number of aliphatic hydroxyl groups is 1. The third kappa shape index (κ3) is 8.18. The Morgan fingerprint density at radius 3 is 2.70 bits per heavy atom. The monoisotopic (exact) mass is 459 g/mol. The minimum atomic E-state index is -0.601. The molecule has 0 fully saturated rings. The van der Waals surface area contributed by atoms with Crippen LogP contribution in [0.3, 0.4) is 0 Å². The van der Waals surface area contributed by atoms with Crippen molar-refractivity contribution in [1.82, 2.24) is 20.2 Å². The molecule has 0 saturated heterocycles. The summed E-state index contributed by atoms with van der Waals surface area (Å²) in [7, 11) is 0. The molecule has 33 heavy (non-hydrogen) atoms. The summed E-state index contributed by atoms with van der Waals surface area (Å²) in [5.41, 5.74) is 4.03. The summed E-state index contributed by atoms with van der Waals surface area (Å²) in [5.74, 6) is 0.312. The van der Waals surface area contributed by atoms with E-state index in [1.165, 1.54) is 12.5 Å². The molecule has 0 aromatic carbocycles. The molecule has 0 aliphatic carbocycles. The Kier molecular flexibility index (Phi) is 10.9. The maximum atomic E-state index is 12.3. The first-order valence-electron chi connectivity index (χ1n) is 11.7. The summed E-state index contributed by atoms with van der Waals surface area (Å²) in [6.07, 6.45) is 10.3. The standard InChI is InChI=1S/C24H37N5O4/c1-4-5-6-7-8-19-24(25-13-11-22(31)27-20(16-30)17(2)3)29-14-12-18(15-21(29)26-19)9-10-23(32)28-33/h9-10,12,14-15,17,20,25,30,33H,4-8,11,13,16H2,1-3H3,(H,27,31)(H,28,32). The van der Waals surface area contributed by atoms with Crippen LogP contribution in [0.2, 0.25) is 0 Å². The van der Waals surface area contributed by atoms with E-state index in [1.807, 2.05) is 36.6 Å². The second-order valence-corrected chi connectivity index (χ2v) is 8.49. The fourth-order valence-corrected chi connectivity index (χ4v) is 3.50. The molecule has 0 radical (unpaired) electrons. The summed E-state index contributed by atoms with van der Waals surface area (Å²) >= 11 is 0. The third-order valence-corrected chi connectivity index (χ3v) is 5.52. The number of hydroxylamine groups is 1. The Labute approximate surface area is 195 Å². The van der Waals surface area contributed by atoms with Gasteiger partial charge in [-0.1, -0.05) is 40.0 Å². The van der Waals surface area contributed by atoms with Crippen molar-refractivity contribution in [3.63, 3.8) is 0 Å². The highest BCUT2D eigenvalue weighted by Crippen LogP contribution is 2.22. The van der Waals surface area contributed by atoms with Crippen molar-refractivity contribution in [2.24, 2.45) is 5.92 Å². The number of pyridine rings is 1.